The fourth-order valence-corrected chi connectivity index (χ4v) is 3.46. The summed E-state index contributed by atoms with van der Waals surface area (Å²) in [7, 11) is 2.27. The molecule has 1 aromatic carbocycles. The lowest BCUT2D eigenvalue weighted by Gasteiger charge is -2.49. The van der Waals surface area contributed by atoms with Crippen molar-refractivity contribution in [3.63, 3.8) is 0 Å². The van der Waals surface area contributed by atoms with Gasteiger partial charge < -0.3 is 4.90 Å². The van der Waals surface area contributed by atoms with Crippen LogP contribution in [-0.4, -0.2) is 42.0 Å². The molecule has 2 saturated heterocycles. The van der Waals surface area contributed by atoms with E-state index in [4.69, 9.17) is 0 Å². The van der Waals surface area contributed by atoms with Crippen LogP contribution in [0.1, 0.15) is 24.8 Å². The SMILES string of the molecule is CN1CC2CCCC(C1)N2Cc1ccccc1. The number of fused-ring (bicyclic) bond motifs is 2. The molecule has 17 heavy (non-hydrogen) atoms. The van der Waals surface area contributed by atoms with E-state index in [1.165, 1.54) is 37.9 Å². The molecule has 92 valence electrons. The molecular formula is C15H22N2. The highest BCUT2D eigenvalue weighted by molar-refractivity contribution is 5.15. The van der Waals surface area contributed by atoms with Gasteiger partial charge in [0.05, 0.1) is 0 Å². The standard InChI is InChI=1S/C15H22N2/c1-16-11-14-8-5-9-15(12-16)17(14)10-13-6-3-2-4-7-13/h2-4,6-7,14-15H,5,8-12H2,1H3. The number of piperazine rings is 1. The molecule has 2 aliphatic heterocycles. The molecule has 0 saturated carbocycles. The quantitative estimate of drug-likeness (QED) is 0.769. The van der Waals surface area contributed by atoms with E-state index < -0.39 is 0 Å². The molecule has 0 N–H and O–H groups in total. The van der Waals surface area contributed by atoms with Crippen LogP contribution in [0.5, 0.6) is 0 Å². The Morgan fingerprint density at radius 3 is 2.35 bits per heavy atom. The smallest absolute Gasteiger partial charge is 0.0240 e. The third-order valence-corrected chi connectivity index (χ3v) is 4.27. The van der Waals surface area contributed by atoms with Crippen molar-refractivity contribution in [2.45, 2.75) is 37.9 Å². The lowest BCUT2D eigenvalue weighted by atomic mass is 9.91. The molecule has 2 heteroatoms. The maximum Gasteiger partial charge on any atom is 0.0240 e. The van der Waals surface area contributed by atoms with E-state index >= 15 is 0 Å². The van der Waals surface area contributed by atoms with E-state index in [9.17, 15) is 0 Å². The van der Waals surface area contributed by atoms with Crippen LogP contribution < -0.4 is 0 Å². The number of likely N-dealkylation sites (tertiary alicyclic amines) is 1. The van der Waals surface area contributed by atoms with Crippen LogP contribution in [0.2, 0.25) is 0 Å². The Labute approximate surface area is 104 Å². The van der Waals surface area contributed by atoms with Gasteiger partial charge in [-0.2, -0.15) is 0 Å². The number of piperidine rings is 1. The molecule has 3 rings (SSSR count). The summed E-state index contributed by atoms with van der Waals surface area (Å²) in [5.41, 5.74) is 1.47. The summed E-state index contributed by atoms with van der Waals surface area (Å²) in [6.07, 6.45) is 4.19. The molecular weight excluding hydrogens is 208 g/mol. The van der Waals surface area contributed by atoms with Crippen molar-refractivity contribution in [1.29, 1.82) is 0 Å². The number of likely N-dealkylation sites (N-methyl/N-ethyl adjacent to an activating group) is 1. The summed E-state index contributed by atoms with van der Waals surface area (Å²) in [5, 5.41) is 0. The summed E-state index contributed by atoms with van der Waals surface area (Å²) in [6, 6.07) is 12.5. The predicted octanol–water partition coefficient (Wildman–Crippen LogP) is 2.36. The fourth-order valence-electron chi connectivity index (χ4n) is 3.46. The third kappa shape index (κ3) is 2.38. The van der Waals surface area contributed by atoms with Gasteiger partial charge in [-0.1, -0.05) is 36.8 Å². The average Bonchev–Trinajstić information content (AvgIpc) is 2.32. The van der Waals surface area contributed by atoms with Gasteiger partial charge in [0.1, 0.15) is 0 Å². The molecule has 2 aliphatic rings. The van der Waals surface area contributed by atoms with E-state index in [1.807, 2.05) is 0 Å². The minimum Gasteiger partial charge on any atom is -0.303 e. The van der Waals surface area contributed by atoms with Gasteiger partial charge in [-0.05, 0) is 25.5 Å². The van der Waals surface area contributed by atoms with E-state index in [0.29, 0.717) is 0 Å². The van der Waals surface area contributed by atoms with Gasteiger partial charge in [-0.25, -0.2) is 0 Å². The highest BCUT2D eigenvalue weighted by atomic mass is 15.3. The first-order chi connectivity index (χ1) is 8.33. The number of nitrogens with zero attached hydrogens (tertiary/aromatic N) is 2. The lowest BCUT2D eigenvalue weighted by molar-refractivity contribution is -0.00496. The number of benzene rings is 1. The van der Waals surface area contributed by atoms with Crippen LogP contribution in [0.25, 0.3) is 0 Å². The van der Waals surface area contributed by atoms with Crippen LogP contribution in [0.15, 0.2) is 30.3 Å². The zero-order valence-corrected chi connectivity index (χ0v) is 10.7. The maximum atomic E-state index is 2.75. The molecule has 2 nitrogen and oxygen atoms in total. The molecule has 0 radical (unpaired) electrons. The second-order valence-corrected chi connectivity index (χ2v) is 5.62. The second-order valence-electron chi connectivity index (χ2n) is 5.62. The maximum absolute atomic E-state index is 2.75. The Bertz CT molecular complexity index is 348. The first-order valence-corrected chi connectivity index (χ1v) is 6.81. The highest BCUT2D eigenvalue weighted by Gasteiger charge is 2.35. The van der Waals surface area contributed by atoms with Crippen molar-refractivity contribution < 1.29 is 0 Å². The van der Waals surface area contributed by atoms with Crippen molar-refractivity contribution in [2.75, 3.05) is 20.1 Å². The molecule has 2 atom stereocenters. The van der Waals surface area contributed by atoms with Gasteiger partial charge in [0.2, 0.25) is 0 Å². The Hall–Kier alpha value is -0.860. The normalized spacial score (nSPS) is 30.4. The minimum absolute atomic E-state index is 0.785. The van der Waals surface area contributed by atoms with Gasteiger partial charge in [0.15, 0.2) is 0 Å². The van der Waals surface area contributed by atoms with Gasteiger partial charge >= 0.3 is 0 Å². The van der Waals surface area contributed by atoms with Crippen molar-refractivity contribution in [3.8, 4) is 0 Å². The zero-order chi connectivity index (χ0) is 11.7. The van der Waals surface area contributed by atoms with Crippen LogP contribution in [0.3, 0.4) is 0 Å². The fraction of sp³-hybridized carbons (Fsp3) is 0.600. The second kappa shape index (κ2) is 4.79. The number of hydrogen-bond acceptors (Lipinski definition) is 2. The molecule has 0 aliphatic carbocycles. The Morgan fingerprint density at radius 1 is 1.06 bits per heavy atom. The van der Waals surface area contributed by atoms with Crippen molar-refractivity contribution in [2.24, 2.45) is 0 Å². The van der Waals surface area contributed by atoms with Crippen molar-refractivity contribution >= 4 is 0 Å². The predicted molar refractivity (Wildman–Crippen MR) is 70.9 cm³/mol. The van der Waals surface area contributed by atoms with Crippen molar-refractivity contribution in [3.05, 3.63) is 35.9 Å². The molecule has 0 spiro atoms. The first kappa shape index (κ1) is 11.2. The highest BCUT2D eigenvalue weighted by Crippen LogP contribution is 2.29. The minimum atomic E-state index is 0.785. The first-order valence-electron chi connectivity index (χ1n) is 6.81. The van der Waals surface area contributed by atoms with Gasteiger partial charge in [0, 0.05) is 31.7 Å². The summed E-state index contributed by atoms with van der Waals surface area (Å²) in [6.45, 7) is 3.65. The molecule has 0 amide bonds. The zero-order valence-electron chi connectivity index (χ0n) is 10.7. The number of hydrogen-bond donors (Lipinski definition) is 0. The van der Waals surface area contributed by atoms with E-state index in [2.05, 4.69) is 47.2 Å². The van der Waals surface area contributed by atoms with Crippen LogP contribution in [0, 0.1) is 0 Å². The third-order valence-electron chi connectivity index (χ3n) is 4.27. The van der Waals surface area contributed by atoms with Crippen LogP contribution in [-0.2, 0) is 6.54 Å². The molecule has 1 aromatic rings. The number of rotatable bonds is 2. The Balaban J connectivity index is 1.74. The van der Waals surface area contributed by atoms with Crippen molar-refractivity contribution in [1.82, 2.24) is 9.80 Å². The average molecular weight is 230 g/mol. The molecule has 2 unspecified atom stereocenters. The van der Waals surface area contributed by atoms with E-state index in [1.54, 1.807) is 0 Å². The van der Waals surface area contributed by atoms with Crippen LogP contribution >= 0.6 is 0 Å². The monoisotopic (exact) mass is 230 g/mol. The molecule has 2 bridgehead atoms. The van der Waals surface area contributed by atoms with Gasteiger partial charge in [0.25, 0.3) is 0 Å². The van der Waals surface area contributed by atoms with E-state index in [0.717, 1.165) is 18.6 Å². The largest absolute Gasteiger partial charge is 0.303 e. The molecule has 2 fully saturated rings. The summed E-state index contributed by atoms with van der Waals surface area (Å²) < 4.78 is 0. The molecule has 0 aromatic heterocycles. The topological polar surface area (TPSA) is 6.48 Å². The Kier molecular flexibility index (Phi) is 3.17. The summed E-state index contributed by atoms with van der Waals surface area (Å²) in [4.78, 5) is 5.26. The summed E-state index contributed by atoms with van der Waals surface area (Å²) >= 11 is 0. The molecule has 2 heterocycles. The van der Waals surface area contributed by atoms with Gasteiger partial charge in [-0.15, -0.1) is 0 Å². The van der Waals surface area contributed by atoms with E-state index in [-0.39, 0.29) is 0 Å². The van der Waals surface area contributed by atoms with Gasteiger partial charge in [-0.3, -0.25) is 4.90 Å². The lowest BCUT2D eigenvalue weighted by Crippen LogP contribution is -2.59. The Morgan fingerprint density at radius 2 is 1.71 bits per heavy atom. The van der Waals surface area contributed by atoms with Crippen LogP contribution in [0.4, 0.5) is 0 Å². The summed E-state index contributed by atoms with van der Waals surface area (Å²) in [5.74, 6) is 0.